The van der Waals surface area contributed by atoms with Gasteiger partial charge in [-0.25, -0.2) is 0 Å². The summed E-state index contributed by atoms with van der Waals surface area (Å²) in [6.07, 6.45) is 1.24. The van der Waals surface area contributed by atoms with E-state index in [2.05, 4.69) is 37.4 Å². The Labute approximate surface area is 131 Å². The number of anilines is 1. The summed E-state index contributed by atoms with van der Waals surface area (Å²) < 4.78 is 0. The summed E-state index contributed by atoms with van der Waals surface area (Å²) in [6, 6.07) is 19.2. The van der Waals surface area contributed by atoms with Crippen LogP contribution >= 0.6 is 0 Å². The summed E-state index contributed by atoms with van der Waals surface area (Å²) in [5.74, 6) is -0.00582. The second-order valence-corrected chi connectivity index (χ2v) is 5.99. The van der Waals surface area contributed by atoms with Crippen LogP contribution in [-0.2, 0) is 10.2 Å². The standard InChI is InChI=1S/C19H20N2O/c1-19(2,16-6-4-3-5-7-16)13-12-18(22)21-17-10-8-15(14-20)9-11-17/h3-11H,12-13H2,1-2H3,(H,21,22). The van der Waals surface area contributed by atoms with Gasteiger partial charge in [0.25, 0.3) is 0 Å². The van der Waals surface area contributed by atoms with Crippen LogP contribution in [0.4, 0.5) is 5.69 Å². The van der Waals surface area contributed by atoms with Crippen LogP contribution in [0.3, 0.4) is 0 Å². The predicted octanol–water partition coefficient (Wildman–Crippen LogP) is 4.25. The van der Waals surface area contributed by atoms with E-state index in [0.717, 1.165) is 12.1 Å². The normalized spacial score (nSPS) is 10.8. The van der Waals surface area contributed by atoms with Crippen LogP contribution in [0.1, 0.15) is 37.8 Å². The van der Waals surface area contributed by atoms with Crippen molar-refractivity contribution < 1.29 is 4.79 Å². The molecule has 0 heterocycles. The van der Waals surface area contributed by atoms with Crippen LogP contribution in [0.2, 0.25) is 0 Å². The molecule has 112 valence electrons. The van der Waals surface area contributed by atoms with E-state index < -0.39 is 0 Å². The highest BCUT2D eigenvalue weighted by molar-refractivity contribution is 5.90. The van der Waals surface area contributed by atoms with Gasteiger partial charge in [0.2, 0.25) is 5.91 Å². The molecule has 0 aliphatic carbocycles. The predicted molar refractivity (Wildman–Crippen MR) is 88.5 cm³/mol. The molecule has 0 aliphatic rings. The lowest BCUT2D eigenvalue weighted by Crippen LogP contribution is -2.21. The van der Waals surface area contributed by atoms with Crippen molar-refractivity contribution >= 4 is 11.6 Å². The zero-order valence-corrected chi connectivity index (χ0v) is 13.0. The fraction of sp³-hybridized carbons (Fsp3) is 0.263. The number of carbonyl (C=O) groups is 1. The third kappa shape index (κ3) is 4.20. The summed E-state index contributed by atoms with van der Waals surface area (Å²) in [7, 11) is 0. The number of benzene rings is 2. The molecule has 0 unspecified atom stereocenters. The summed E-state index contributed by atoms with van der Waals surface area (Å²) in [4.78, 5) is 12.1. The Morgan fingerprint density at radius 3 is 2.32 bits per heavy atom. The van der Waals surface area contributed by atoms with Crippen molar-refractivity contribution in [1.82, 2.24) is 0 Å². The average molecular weight is 292 g/mol. The third-order valence-electron chi connectivity index (χ3n) is 3.83. The molecule has 0 bridgehead atoms. The number of carbonyl (C=O) groups excluding carboxylic acids is 1. The van der Waals surface area contributed by atoms with Crippen molar-refractivity contribution in [2.45, 2.75) is 32.1 Å². The topological polar surface area (TPSA) is 52.9 Å². The van der Waals surface area contributed by atoms with E-state index in [-0.39, 0.29) is 11.3 Å². The number of nitrogens with one attached hydrogen (secondary N) is 1. The number of hydrogen-bond donors (Lipinski definition) is 1. The van der Waals surface area contributed by atoms with Gasteiger partial charge in [0.05, 0.1) is 11.6 Å². The van der Waals surface area contributed by atoms with Gasteiger partial charge in [0, 0.05) is 12.1 Å². The van der Waals surface area contributed by atoms with Gasteiger partial charge in [-0.15, -0.1) is 0 Å². The number of amides is 1. The molecule has 3 nitrogen and oxygen atoms in total. The number of nitriles is 1. The van der Waals surface area contributed by atoms with Gasteiger partial charge < -0.3 is 5.32 Å². The smallest absolute Gasteiger partial charge is 0.224 e. The van der Waals surface area contributed by atoms with Gasteiger partial charge in [-0.1, -0.05) is 44.2 Å². The first-order valence-corrected chi connectivity index (χ1v) is 7.37. The number of rotatable bonds is 5. The van der Waals surface area contributed by atoms with Gasteiger partial charge >= 0.3 is 0 Å². The van der Waals surface area contributed by atoms with Crippen molar-refractivity contribution in [3.8, 4) is 6.07 Å². The monoisotopic (exact) mass is 292 g/mol. The summed E-state index contributed by atoms with van der Waals surface area (Å²) >= 11 is 0. The van der Waals surface area contributed by atoms with Crippen LogP contribution in [0.25, 0.3) is 0 Å². The molecule has 0 atom stereocenters. The molecule has 2 aromatic carbocycles. The van der Waals surface area contributed by atoms with Gasteiger partial charge in [0.15, 0.2) is 0 Å². The molecule has 0 fully saturated rings. The van der Waals surface area contributed by atoms with E-state index >= 15 is 0 Å². The Morgan fingerprint density at radius 1 is 1.09 bits per heavy atom. The molecule has 0 saturated heterocycles. The van der Waals surface area contributed by atoms with Crippen molar-refractivity contribution in [2.24, 2.45) is 0 Å². The number of hydrogen-bond acceptors (Lipinski definition) is 2. The maximum atomic E-state index is 12.1. The highest BCUT2D eigenvalue weighted by Crippen LogP contribution is 2.28. The highest BCUT2D eigenvalue weighted by atomic mass is 16.1. The van der Waals surface area contributed by atoms with Gasteiger partial charge in [-0.05, 0) is 41.7 Å². The minimum absolute atomic E-state index is 0.00582. The van der Waals surface area contributed by atoms with Crippen LogP contribution < -0.4 is 5.32 Å². The second-order valence-electron chi connectivity index (χ2n) is 5.99. The van der Waals surface area contributed by atoms with Crippen molar-refractivity contribution in [3.63, 3.8) is 0 Å². The first-order chi connectivity index (χ1) is 10.5. The van der Waals surface area contributed by atoms with E-state index in [4.69, 9.17) is 5.26 Å². The molecule has 0 spiro atoms. The molecule has 2 rings (SSSR count). The van der Waals surface area contributed by atoms with E-state index in [1.54, 1.807) is 24.3 Å². The molecule has 0 radical (unpaired) electrons. The first kappa shape index (κ1) is 15.8. The lowest BCUT2D eigenvalue weighted by atomic mass is 9.80. The lowest BCUT2D eigenvalue weighted by molar-refractivity contribution is -0.116. The maximum Gasteiger partial charge on any atom is 0.224 e. The maximum absolute atomic E-state index is 12.1. The molecule has 1 N–H and O–H groups in total. The Balaban J connectivity index is 1.91. The average Bonchev–Trinajstić information content (AvgIpc) is 2.55. The van der Waals surface area contributed by atoms with Crippen LogP contribution in [0.5, 0.6) is 0 Å². The second kappa shape index (κ2) is 6.91. The Bertz CT molecular complexity index is 667. The van der Waals surface area contributed by atoms with Crippen LogP contribution in [0.15, 0.2) is 54.6 Å². The third-order valence-corrected chi connectivity index (χ3v) is 3.83. The molecule has 22 heavy (non-hydrogen) atoms. The summed E-state index contributed by atoms with van der Waals surface area (Å²) in [5, 5.41) is 11.6. The minimum atomic E-state index is -0.0384. The number of nitrogens with zero attached hydrogens (tertiary/aromatic N) is 1. The molecule has 1 amide bonds. The zero-order valence-electron chi connectivity index (χ0n) is 13.0. The van der Waals surface area contributed by atoms with Crippen molar-refractivity contribution in [2.75, 3.05) is 5.32 Å². The van der Waals surface area contributed by atoms with Crippen LogP contribution in [0, 0.1) is 11.3 Å². The largest absolute Gasteiger partial charge is 0.326 e. The van der Waals surface area contributed by atoms with Gasteiger partial charge in [-0.2, -0.15) is 5.26 Å². The van der Waals surface area contributed by atoms with Gasteiger partial charge in [0.1, 0.15) is 0 Å². The molecule has 0 aromatic heterocycles. The Hall–Kier alpha value is -2.60. The summed E-state index contributed by atoms with van der Waals surface area (Å²) in [5.41, 5.74) is 2.51. The SMILES string of the molecule is CC(C)(CCC(=O)Nc1ccc(C#N)cc1)c1ccccc1. The molecule has 2 aromatic rings. The minimum Gasteiger partial charge on any atom is -0.326 e. The first-order valence-electron chi connectivity index (χ1n) is 7.37. The summed E-state index contributed by atoms with van der Waals surface area (Å²) in [6.45, 7) is 4.30. The van der Waals surface area contributed by atoms with Gasteiger partial charge in [-0.3, -0.25) is 4.79 Å². The Kier molecular flexibility index (Phi) is 4.95. The molecular formula is C19H20N2O. The van der Waals surface area contributed by atoms with Crippen molar-refractivity contribution in [1.29, 1.82) is 5.26 Å². The quantitative estimate of drug-likeness (QED) is 0.895. The van der Waals surface area contributed by atoms with Crippen molar-refractivity contribution in [3.05, 3.63) is 65.7 Å². The Morgan fingerprint density at radius 2 is 1.73 bits per heavy atom. The van der Waals surface area contributed by atoms with E-state index in [1.807, 2.05) is 18.2 Å². The van der Waals surface area contributed by atoms with Crippen LogP contribution in [-0.4, -0.2) is 5.91 Å². The molecule has 0 aliphatic heterocycles. The van der Waals surface area contributed by atoms with E-state index in [9.17, 15) is 4.79 Å². The fourth-order valence-corrected chi connectivity index (χ4v) is 2.31. The lowest BCUT2D eigenvalue weighted by Gasteiger charge is -2.25. The highest BCUT2D eigenvalue weighted by Gasteiger charge is 2.21. The molecular weight excluding hydrogens is 272 g/mol. The van der Waals surface area contributed by atoms with E-state index in [1.165, 1.54) is 5.56 Å². The van der Waals surface area contributed by atoms with E-state index in [0.29, 0.717) is 12.0 Å². The fourth-order valence-electron chi connectivity index (χ4n) is 2.31. The molecule has 3 heteroatoms. The molecule has 0 saturated carbocycles. The zero-order chi connectivity index (χ0) is 16.0.